The first-order valence-electron chi connectivity index (χ1n) is 7.14. The number of nitrogens with zero attached hydrogens (tertiary/aromatic N) is 1. The Kier molecular flexibility index (Phi) is 5.57. The first-order chi connectivity index (χ1) is 9.60. The van der Waals surface area contributed by atoms with Crippen molar-refractivity contribution in [3.63, 3.8) is 0 Å². The fourth-order valence-electron chi connectivity index (χ4n) is 1.54. The Balaban J connectivity index is 2.57. The van der Waals surface area contributed by atoms with E-state index in [1.165, 1.54) is 0 Å². The normalized spacial score (nSPS) is 17.3. The van der Waals surface area contributed by atoms with E-state index in [4.69, 9.17) is 15.3 Å². The lowest BCUT2D eigenvalue weighted by Crippen LogP contribution is -2.46. The third-order valence-corrected chi connectivity index (χ3v) is 2.83. The van der Waals surface area contributed by atoms with Crippen molar-refractivity contribution in [1.82, 2.24) is 5.32 Å². The van der Waals surface area contributed by atoms with Gasteiger partial charge in [0, 0.05) is 5.92 Å². The van der Waals surface area contributed by atoms with E-state index in [-0.39, 0.29) is 11.8 Å². The zero-order chi connectivity index (χ0) is 16.2. The minimum atomic E-state index is -0.837. The number of alkyl carbamates (subject to hydrolysis) is 1. The van der Waals surface area contributed by atoms with Crippen LogP contribution in [0.15, 0.2) is 5.16 Å². The van der Waals surface area contributed by atoms with E-state index in [1.54, 1.807) is 34.6 Å². The molecule has 0 aromatic carbocycles. The number of rotatable bonds is 5. The number of carbonyl (C=O) groups is 2. The van der Waals surface area contributed by atoms with Crippen molar-refractivity contribution in [1.29, 1.82) is 0 Å². The molecule has 21 heavy (non-hydrogen) atoms. The van der Waals surface area contributed by atoms with Crippen LogP contribution in [0.1, 0.15) is 47.5 Å². The zero-order valence-electron chi connectivity index (χ0n) is 13.3. The summed E-state index contributed by atoms with van der Waals surface area (Å²) in [6.07, 6.45) is 1.27. The van der Waals surface area contributed by atoms with Crippen molar-refractivity contribution >= 4 is 17.9 Å². The first-order valence-corrected chi connectivity index (χ1v) is 7.14. The molecule has 1 rings (SSSR count). The van der Waals surface area contributed by atoms with E-state index >= 15 is 0 Å². The van der Waals surface area contributed by atoms with Crippen LogP contribution in [0.5, 0.6) is 0 Å². The van der Waals surface area contributed by atoms with E-state index in [9.17, 15) is 9.59 Å². The highest BCUT2D eigenvalue weighted by Crippen LogP contribution is 2.28. The molecule has 1 aliphatic rings. The fraction of sp³-hybridized carbons (Fsp3) is 0.786. The van der Waals surface area contributed by atoms with Gasteiger partial charge < -0.3 is 20.6 Å². The maximum atomic E-state index is 12.0. The van der Waals surface area contributed by atoms with Gasteiger partial charge in [0.25, 0.3) is 0 Å². The Morgan fingerprint density at radius 1 is 1.29 bits per heavy atom. The van der Waals surface area contributed by atoms with Crippen LogP contribution in [0.25, 0.3) is 0 Å². The van der Waals surface area contributed by atoms with Gasteiger partial charge in [0.05, 0.1) is 0 Å². The van der Waals surface area contributed by atoms with Gasteiger partial charge in [-0.1, -0.05) is 19.0 Å². The van der Waals surface area contributed by atoms with Crippen LogP contribution in [0.2, 0.25) is 0 Å². The van der Waals surface area contributed by atoms with Gasteiger partial charge in [-0.3, -0.25) is 0 Å². The molecule has 1 atom stereocenters. The van der Waals surface area contributed by atoms with Crippen LogP contribution < -0.4 is 11.1 Å². The molecule has 0 aliphatic heterocycles. The van der Waals surface area contributed by atoms with Gasteiger partial charge in [-0.2, -0.15) is 0 Å². The molecule has 1 amide bonds. The standard InChI is InChI=1S/C14H25N3O4/c1-8(2)10(16-13(19)20-14(3,4)5)12(18)21-17-11(15)9-6-7-9/h8-10H,6-7H2,1-5H3,(H2,15,17)(H,16,19). The molecule has 0 heterocycles. The predicted octanol–water partition coefficient (Wildman–Crippen LogP) is 1.76. The maximum absolute atomic E-state index is 12.0. The second-order valence-electron chi connectivity index (χ2n) is 6.57. The molecule has 7 heteroatoms. The molecule has 0 aromatic rings. The average molecular weight is 299 g/mol. The second-order valence-corrected chi connectivity index (χ2v) is 6.57. The first kappa shape index (κ1) is 17.3. The summed E-state index contributed by atoms with van der Waals surface area (Å²) in [4.78, 5) is 28.5. The summed E-state index contributed by atoms with van der Waals surface area (Å²) >= 11 is 0. The Hall–Kier alpha value is -1.79. The van der Waals surface area contributed by atoms with Gasteiger partial charge in [0.1, 0.15) is 17.5 Å². The molecular weight excluding hydrogens is 274 g/mol. The summed E-state index contributed by atoms with van der Waals surface area (Å²) in [6.45, 7) is 8.82. The second kappa shape index (κ2) is 6.78. The summed E-state index contributed by atoms with van der Waals surface area (Å²) in [5.74, 6) is -0.279. The van der Waals surface area contributed by atoms with E-state index in [0.717, 1.165) is 12.8 Å². The molecular formula is C14H25N3O4. The molecule has 0 aromatic heterocycles. The van der Waals surface area contributed by atoms with E-state index in [0.29, 0.717) is 5.84 Å². The van der Waals surface area contributed by atoms with Crippen molar-refractivity contribution in [2.24, 2.45) is 22.7 Å². The van der Waals surface area contributed by atoms with Crippen LogP contribution in [-0.4, -0.2) is 29.5 Å². The topological polar surface area (TPSA) is 103 Å². The molecule has 1 saturated carbocycles. The number of hydrogen-bond donors (Lipinski definition) is 2. The Bertz CT molecular complexity index is 422. The molecule has 3 N–H and O–H groups in total. The molecule has 0 bridgehead atoms. The minimum Gasteiger partial charge on any atom is -0.444 e. The number of amides is 1. The van der Waals surface area contributed by atoms with Crippen molar-refractivity contribution in [3.05, 3.63) is 0 Å². The fourth-order valence-corrected chi connectivity index (χ4v) is 1.54. The van der Waals surface area contributed by atoms with Crippen LogP contribution >= 0.6 is 0 Å². The molecule has 1 unspecified atom stereocenters. The number of amidine groups is 1. The number of oxime groups is 1. The molecule has 1 fully saturated rings. The van der Waals surface area contributed by atoms with Gasteiger partial charge >= 0.3 is 12.1 Å². The summed E-state index contributed by atoms with van der Waals surface area (Å²) < 4.78 is 5.12. The Morgan fingerprint density at radius 3 is 2.29 bits per heavy atom. The van der Waals surface area contributed by atoms with Crippen molar-refractivity contribution in [3.8, 4) is 0 Å². The van der Waals surface area contributed by atoms with Gasteiger partial charge in [-0.25, -0.2) is 9.59 Å². The highest BCUT2D eigenvalue weighted by atomic mass is 16.7. The number of nitrogens with two attached hydrogens (primary N) is 1. The molecule has 0 spiro atoms. The highest BCUT2D eigenvalue weighted by Gasteiger charge is 2.30. The van der Waals surface area contributed by atoms with Crippen LogP contribution in [-0.2, 0) is 14.4 Å². The van der Waals surface area contributed by atoms with Crippen LogP contribution in [0.3, 0.4) is 0 Å². The lowest BCUT2D eigenvalue weighted by Gasteiger charge is -2.23. The number of hydrogen-bond acceptors (Lipinski definition) is 5. The van der Waals surface area contributed by atoms with E-state index in [2.05, 4.69) is 10.5 Å². The summed E-state index contributed by atoms with van der Waals surface area (Å²) in [5.41, 5.74) is 5.01. The summed E-state index contributed by atoms with van der Waals surface area (Å²) in [5, 5.41) is 6.12. The highest BCUT2D eigenvalue weighted by molar-refractivity contribution is 5.86. The largest absolute Gasteiger partial charge is 0.444 e. The predicted molar refractivity (Wildman–Crippen MR) is 78.4 cm³/mol. The third-order valence-electron chi connectivity index (χ3n) is 2.83. The zero-order valence-corrected chi connectivity index (χ0v) is 13.3. The van der Waals surface area contributed by atoms with Crippen molar-refractivity contribution in [2.45, 2.75) is 59.1 Å². The summed E-state index contributed by atoms with van der Waals surface area (Å²) in [6, 6.07) is -0.837. The molecule has 120 valence electrons. The Morgan fingerprint density at radius 2 is 1.86 bits per heavy atom. The van der Waals surface area contributed by atoms with Gasteiger partial charge in [-0.15, -0.1) is 0 Å². The van der Waals surface area contributed by atoms with E-state index in [1.807, 2.05) is 0 Å². The quantitative estimate of drug-likeness (QED) is 0.348. The summed E-state index contributed by atoms with van der Waals surface area (Å²) in [7, 11) is 0. The van der Waals surface area contributed by atoms with Crippen LogP contribution in [0.4, 0.5) is 4.79 Å². The van der Waals surface area contributed by atoms with E-state index < -0.39 is 23.7 Å². The SMILES string of the molecule is CC(C)C(NC(=O)OC(C)(C)C)C(=O)ON=C(N)C1CC1. The van der Waals surface area contributed by atoms with Crippen molar-refractivity contribution in [2.75, 3.05) is 0 Å². The lowest BCUT2D eigenvalue weighted by molar-refractivity contribution is -0.147. The number of ether oxygens (including phenoxy) is 1. The molecule has 7 nitrogen and oxygen atoms in total. The monoisotopic (exact) mass is 299 g/mol. The smallest absolute Gasteiger partial charge is 0.408 e. The number of carbonyl (C=O) groups excluding carboxylic acids is 2. The Labute approximate surface area is 125 Å². The van der Waals surface area contributed by atoms with Crippen LogP contribution in [0, 0.1) is 11.8 Å². The molecule has 0 radical (unpaired) electrons. The van der Waals surface area contributed by atoms with Crippen molar-refractivity contribution < 1.29 is 19.2 Å². The number of nitrogens with one attached hydrogen (secondary N) is 1. The minimum absolute atomic E-state index is 0.164. The van der Waals surface area contributed by atoms with Gasteiger partial charge in [-0.05, 0) is 39.5 Å². The molecule has 0 saturated heterocycles. The molecule has 1 aliphatic carbocycles. The lowest BCUT2D eigenvalue weighted by atomic mass is 10.1. The van der Waals surface area contributed by atoms with Gasteiger partial charge in [0.2, 0.25) is 0 Å². The average Bonchev–Trinajstić information content (AvgIpc) is 3.14. The maximum Gasteiger partial charge on any atom is 0.408 e. The van der Waals surface area contributed by atoms with Gasteiger partial charge in [0.15, 0.2) is 0 Å². The third kappa shape index (κ3) is 6.46.